The molecule has 2 atom stereocenters. The van der Waals surface area contributed by atoms with Crippen molar-refractivity contribution in [1.29, 1.82) is 0 Å². The number of hydrogen-bond donors (Lipinski definition) is 2. The van der Waals surface area contributed by atoms with Gasteiger partial charge < -0.3 is 15.3 Å². The van der Waals surface area contributed by atoms with E-state index in [4.69, 9.17) is 5.11 Å². The number of carbonyl (C=O) groups is 3. The molecule has 124 valence electrons. The molecule has 0 radical (unpaired) electrons. The molecule has 2 rings (SSSR count). The fourth-order valence-electron chi connectivity index (χ4n) is 2.42. The Labute approximate surface area is 135 Å². The van der Waals surface area contributed by atoms with E-state index in [-0.39, 0.29) is 30.3 Å². The second kappa shape index (κ2) is 6.81. The van der Waals surface area contributed by atoms with Crippen LogP contribution in [-0.2, 0) is 9.59 Å². The van der Waals surface area contributed by atoms with E-state index in [0.29, 0.717) is 17.2 Å². The lowest BCUT2D eigenvalue weighted by molar-refractivity contribution is -0.138. The number of aliphatic carboxylic acids is 1. The fourth-order valence-corrected chi connectivity index (χ4v) is 2.42. The molecule has 1 aliphatic rings. The Kier molecular flexibility index (Phi) is 5.03. The number of carbonyl (C=O) groups excluding carboxylic acids is 2. The van der Waals surface area contributed by atoms with Crippen LogP contribution in [0.4, 0.5) is 5.69 Å². The van der Waals surface area contributed by atoms with Crippen molar-refractivity contribution >= 4 is 23.5 Å². The maximum atomic E-state index is 12.4. The third-order valence-electron chi connectivity index (χ3n) is 4.04. The highest BCUT2D eigenvalue weighted by Crippen LogP contribution is 2.38. The monoisotopic (exact) mass is 318 g/mol. The van der Waals surface area contributed by atoms with Crippen LogP contribution in [0.5, 0.6) is 0 Å². The number of carboxylic acids is 1. The minimum atomic E-state index is -1.05. The molecule has 1 aliphatic carbocycles. The molecule has 0 heterocycles. The Morgan fingerprint density at radius 2 is 1.83 bits per heavy atom. The number of carboxylic acid groups (broad SMARTS) is 1. The average molecular weight is 318 g/mol. The normalized spacial score (nSPS) is 19.3. The zero-order valence-electron chi connectivity index (χ0n) is 13.6. The summed E-state index contributed by atoms with van der Waals surface area (Å²) in [6, 6.07) is 6.32. The molecule has 0 aromatic heterocycles. The van der Waals surface area contributed by atoms with E-state index in [1.807, 2.05) is 6.92 Å². The van der Waals surface area contributed by atoms with E-state index in [0.717, 1.165) is 6.42 Å². The SMILES string of the molecule is CC1CC1C(=O)Nc1ccc(C(=O)N(CC(=O)O)C(C)C)cc1. The molecule has 2 unspecified atom stereocenters. The minimum absolute atomic E-state index is 0.00580. The number of anilines is 1. The lowest BCUT2D eigenvalue weighted by Gasteiger charge is -2.25. The van der Waals surface area contributed by atoms with Crippen molar-refractivity contribution in [3.63, 3.8) is 0 Å². The molecule has 23 heavy (non-hydrogen) atoms. The van der Waals surface area contributed by atoms with Crippen LogP contribution in [0.15, 0.2) is 24.3 Å². The first-order valence-electron chi connectivity index (χ1n) is 7.73. The largest absolute Gasteiger partial charge is 0.480 e. The summed E-state index contributed by atoms with van der Waals surface area (Å²) in [5.74, 6) is -0.855. The third kappa shape index (κ3) is 4.31. The molecule has 2 amide bonds. The standard InChI is InChI=1S/C17H22N2O4/c1-10(2)19(9-15(20)21)17(23)12-4-6-13(7-5-12)18-16(22)14-8-11(14)3/h4-7,10-11,14H,8-9H2,1-3H3,(H,18,22)(H,20,21). The van der Waals surface area contributed by atoms with Gasteiger partial charge >= 0.3 is 5.97 Å². The molecule has 0 spiro atoms. The Morgan fingerprint density at radius 3 is 2.26 bits per heavy atom. The van der Waals surface area contributed by atoms with Crippen LogP contribution in [-0.4, -0.2) is 40.4 Å². The molecule has 1 aromatic rings. The second-order valence-electron chi connectivity index (χ2n) is 6.31. The van der Waals surface area contributed by atoms with E-state index in [1.165, 1.54) is 4.90 Å². The van der Waals surface area contributed by atoms with Crippen LogP contribution in [0.2, 0.25) is 0 Å². The first-order chi connectivity index (χ1) is 10.8. The summed E-state index contributed by atoms with van der Waals surface area (Å²) >= 11 is 0. The summed E-state index contributed by atoms with van der Waals surface area (Å²) in [6.07, 6.45) is 0.918. The van der Waals surface area contributed by atoms with Crippen molar-refractivity contribution in [2.75, 3.05) is 11.9 Å². The van der Waals surface area contributed by atoms with Crippen molar-refractivity contribution in [2.24, 2.45) is 11.8 Å². The first kappa shape index (κ1) is 17.0. The number of nitrogens with zero attached hydrogens (tertiary/aromatic N) is 1. The van der Waals surface area contributed by atoms with Crippen molar-refractivity contribution in [3.05, 3.63) is 29.8 Å². The summed E-state index contributed by atoms with van der Waals surface area (Å²) in [5.41, 5.74) is 1.04. The second-order valence-corrected chi connectivity index (χ2v) is 6.31. The number of hydrogen-bond acceptors (Lipinski definition) is 3. The summed E-state index contributed by atoms with van der Waals surface area (Å²) in [5, 5.41) is 11.7. The van der Waals surface area contributed by atoms with Gasteiger partial charge in [-0.2, -0.15) is 0 Å². The number of rotatable bonds is 6. The molecule has 0 aliphatic heterocycles. The van der Waals surface area contributed by atoms with Gasteiger partial charge in [-0.3, -0.25) is 14.4 Å². The van der Waals surface area contributed by atoms with E-state index in [1.54, 1.807) is 38.1 Å². The summed E-state index contributed by atoms with van der Waals surface area (Å²) in [4.78, 5) is 36.4. The zero-order valence-corrected chi connectivity index (χ0v) is 13.6. The molecular weight excluding hydrogens is 296 g/mol. The molecule has 2 N–H and O–H groups in total. The first-order valence-corrected chi connectivity index (χ1v) is 7.73. The van der Waals surface area contributed by atoms with Gasteiger partial charge in [0.15, 0.2) is 0 Å². The Hall–Kier alpha value is -2.37. The predicted octanol–water partition coefficient (Wildman–Crippen LogP) is 2.22. The van der Waals surface area contributed by atoms with Gasteiger partial charge in [-0.1, -0.05) is 6.92 Å². The summed E-state index contributed by atoms with van der Waals surface area (Å²) < 4.78 is 0. The van der Waals surface area contributed by atoms with Crippen LogP contribution in [0, 0.1) is 11.8 Å². The maximum Gasteiger partial charge on any atom is 0.323 e. The van der Waals surface area contributed by atoms with Gasteiger partial charge in [0, 0.05) is 23.2 Å². The zero-order chi connectivity index (χ0) is 17.1. The molecule has 1 fully saturated rings. The highest BCUT2D eigenvalue weighted by molar-refractivity contribution is 5.98. The van der Waals surface area contributed by atoms with E-state index < -0.39 is 5.97 Å². The van der Waals surface area contributed by atoms with Gasteiger partial charge in [-0.15, -0.1) is 0 Å². The lowest BCUT2D eigenvalue weighted by Crippen LogP contribution is -2.40. The topological polar surface area (TPSA) is 86.7 Å². The molecule has 6 heteroatoms. The fraction of sp³-hybridized carbons (Fsp3) is 0.471. The van der Waals surface area contributed by atoms with E-state index in [9.17, 15) is 14.4 Å². The van der Waals surface area contributed by atoms with Gasteiger partial charge in [0.1, 0.15) is 6.54 Å². The number of amides is 2. The molecular formula is C17H22N2O4. The molecule has 1 saturated carbocycles. The predicted molar refractivity (Wildman–Crippen MR) is 86.2 cm³/mol. The van der Waals surface area contributed by atoms with Gasteiger partial charge in [-0.25, -0.2) is 0 Å². The van der Waals surface area contributed by atoms with E-state index >= 15 is 0 Å². The molecule has 6 nitrogen and oxygen atoms in total. The van der Waals surface area contributed by atoms with Crippen LogP contribution in [0.1, 0.15) is 37.6 Å². The molecule has 0 saturated heterocycles. The Balaban J connectivity index is 2.04. The van der Waals surface area contributed by atoms with Crippen molar-refractivity contribution in [2.45, 2.75) is 33.2 Å². The highest BCUT2D eigenvalue weighted by Gasteiger charge is 2.39. The maximum absolute atomic E-state index is 12.4. The number of nitrogens with one attached hydrogen (secondary N) is 1. The van der Waals surface area contributed by atoms with Crippen LogP contribution in [0.3, 0.4) is 0 Å². The number of benzene rings is 1. The Morgan fingerprint density at radius 1 is 1.26 bits per heavy atom. The highest BCUT2D eigenvalue weighted by atomic mass is 16.4. The molecule has 0 bridgehead atoms. The van der Waals surface area contributed by atoms with Gasteiger partial charge in [0.25, 0.3) is 5.91 Å². The van der Waals surface area contributed by atoms with Crippen molar-refractivity contribution in [1.82, 2.24) is 4.90 Å². The van der Waals surface area contributed by atoms with Crippen molar-refractivity contribution in [3.8, 4) is 0 Å². The lowest BCUT2D eigenvalue weighted by atomic mass is 10.1. The minimum Gasteiger partial charge on any atom is -0.480 e. The van der Waals surface area contributed by atoms with Gasteiger partial charge in [0.2, 0.25) is 5.91 Å². The summed E-state index contributed by atoms with van der Waals surface area (Å²) in [6.45, 7) is 5.24. The van der Waals surface area contributed by atoms with Gasteiger partial charge in [-0.05, 0) is 50.5 Å². The quantitative estimate of drug-likeness (QED) is 0.842. The third-order valence-corrected chi connectivity index (χ3v) is 4.04. The van der Waals surface area contributed by atoms with Crippen LogP contribution >= 0.6 is 0 Å². The van der Waals surface area contributed by atoms with Crippen molar-refractivity contribution < 1.29 is 19.5 Å². The van der Waals surface area contributed by atoms with Crippen LogP contribution < -0.4 is 5.32 Å². The smallest absolute Gasteiger partial charge is 0.323 e. The summed E-state index contributed by atoms with van der Waals surface area (Å²) in [7, 11) is 0. The van der Waals surface area contributed by atoms with Crippen LogP contribution in [0.25, 0.3) is 0 Å². The Bertz CT molecular complexity index is 610. The average Bonchev–Trinajstić information content (AvgIpc) is 3.21. The van der Waals surface area contributed by atoms with E-state index in [2.05, 4.69) is 5.32 Å². The van der Waals surface area contributed by atoms with Gasteiger partial charge in [0.05, 0.1) is 0 Å². The molecule has 1 aromatic carbocycles.